The lowest BCUT2D eigenvalue weighted by Crippen LogP contribution is -2.30. The molecule has 2 aromatic heterocycles. The number of hydrogen-bond donors (Lipinski definition) is 3. The molecule has 3 unspecified atom stereocenters. The van der Waals surface area contributed by atoms with Gasteiger partial charge >= 0.3 is 0 Å². The van der Waals surface area contributed by atoms with E-state index in [1.54, 1.807) is 0 Å². The number of carbonyl (C=O) groups excluding carboxylic acids is 2. The van der Waals surface area contributed by atoms with Gasteiger partial charge in [0.2, 0.25) is 13.6 Å². The Morgan fingerprint density at radius 3 is 1.78 bits per heavy atom. The van der Waals surface area contributed by atoms with Gasteiger partial charge in [0.1, 0.15) is 11.6 Å². The van der Waals surface area contributed by atoms with Crippen molar-refractivity contribution >= 4 is 45.0 Å². The van der Waals surface area contributed by atoms with Crippen LogP contribution in [-0.4, -0.2) is 91.1 Å². The number of aromatic nitrogens is 2. The number of ketones is 2. The Morgan fingerprint density at radius 1 is 0.784 bits per heavy atom. The molecule has 12 nitrogen and oxygen atoms in total. The van der Waals surface area contributed by atoms with Crippen molar-refractivity contribution in [3.05, 3.63) is 119 Å². The van der Waals surface area contributed by atoms with Crippen LogP contribution in [0.4, 0.5) is 4.39 Å². The van der Waals surface area contributed by atoms with Gasteiger partial charge in [-0.1, -0.05) is 73.2 Å². The average Bonchev–Trinajstić information content (AvgIpc) is 4.34. The number of nitrogens with one attached hydrogen (secondary N) is 2. The van der Waals surface area contributed by atoms with Gasteiger partial charge in [-0.05, 0) is 127 Å². The molecule has 0 amide bonds. The first-order chi connectivity index (χ1) is 35.9. The third-order valence-electron chi connectivity index (χ3n) is 14.7. The Morgan fingerprint density at radius 2 is 1.34 bits per heavy atom. The number of aliphatic hydroxyl groups is 1. The van der Waals surface area contributed by atoms with E-state index in [9.17, 15) is 19.1 Å². The van der Waals surface area contributed by atoms with Crippen LogP contribution in [0.5, 0.6) is 23.0 Å². The standard InChI is InChI=1S/C28H34N2O4.C24H25NO3.C4H7FO.C3H5ClO.CH4/c1-27(2,3)25-13-19-11-18(5-7-22(19)30(25)16-21(31)15-29-4)12-26(32)28(9-10-28)20-6-8-23-24(14-20)34-17-33-23;1-23(2,3)21-12-16-10-15(4-6-18(16)25-21)11-22(26)24(8-9-24)17-5-7-19-20(13-17)28-14-27-19;5-4-2-1-3-6-4;4-1-3-2-5-3;/h5-8,11,13-14,21,29,31H,9-10,12,15-17H2,1-4H3;4-7,10,12-13,25H,8-9,11,14H2,1-3H3;4H,1-3H2;3H,1-2H2;1H4/i;;;;1D. The summed E-state index contributed by atoms with van der Waals surface area (Å²) < 4.78 is 50.7. The highest BCUT2D eigenvalue weighted by atomic mass is 35.5. The molecule has 6 heterocycles. The predicted octanol–water partition coefficient (Wildman–Crippen LogP) is 11.5. The topological polar surface area (TPSA) is 146 Å². The molecule has 2 aliphatic carbocycles. The number of likely N-dealkylation sites (N-methyl/N-ethyl adjacent to an activating group) is 1. The number of fused-ring (bicyclic) bond motifs is 4. The molecule has 0 spiro atoms. The molecule has 6 aliphatic rings. The number of ether oxygens (including phenoxy) is 6. The molecule has 3 atom stereocenters. The predicted molar refractivity (Wildman–Crippen MR) is 289 cm³/mol. The number of alkyl halides is 2. The number of aromatic amines is 1. The van der Waals surface area contributed by atoms with Crippen LogP contribution < -0.4 is 24.3 Å². The SMILES string of the molecule is CC(C)(C)c1cc2cc(CC(=O)C3(c4ccc5c(c4)OCO5)CC3)ccc2[nH]1.CNCC(O)Cn1c(C(C)(C)C)cc2cc(CC(=O)C3(c4ccc5c(c4)OCO5)CC3)ccc21.ClCC1CO1.FC1CCCO1.[2H]C. The summed E-state index contributed by atoms with van der Waals surface area (Å²) in [5, 5.41) is 15.8. The van der Waals surface area contributed by atoms with E-state index in [-0.39, 0.29) is 41.4 Å². The lowest BCUT2D eigenvalue weighted by atomic mass is 9.87. The first-order valence-corrected chi connectivity index (χ1v) is 26.3. The molecular weight excluding hydrogens is 961 g/mol. The first-order valence-electron chi connectivity index (χ1n) is 26.8. The number of epoxide rings is 1. The third-order valence-corrected chi connectivity index (χ3v) is 15.0. The van der Waals surface area contributed by atoms with Crippen LogP contribution in [0.3, 0.4) is 0 Å². The smallest absolute Gasteiger partial charge is 0.231 e. The second-order valence-corrected chi connectivity index (χ2v) is 22.7. The number of rotatable bonds is 13. The highest BCUT2D eigenvalue weighted by Crippen LogP contribution is 2.53. The number of aliphatic hydroxyl groups excluding tert-OH is 1. The summed E-state index contributed by atoms with van der Waals surface area (Å²) in [7, 11) is 3.10. The molecule has 12 rings (SSSR count). The molecule has 2 saturated heterocycles. The minimum absolute atomic E-state index is 0.0637. The maximum Gasteiger partial charge on any atom is 0.231 e. The Hall–Kier alpha value is -5.44. The Bertz CT molecular complexity index is 2940. The Kier molecular flexibility index (Phi) is 16.2. The zero-order chi connectivity index (χ0) is 53.7. The number of halogens is 2. The van der Waals surface area contributed by atoms with Gasteiger partial charge in [0.25, 0.3) is 0 Å². The van der Waals surface area contributed by atoms with E-state index >= 15 is 0 Å². The molecule has 398 valence electrons. The van der Waals surface area contributed by atoms with Crippen molar-refractivity contribution in [3.8, 4) is 23.0 Å². The van der Waals surface area contributed by atoms with Crippen molar-refractivity contribution in [1.29, 1.82) is 0 Å². The van der Waals surface area contributed by atoms with E-state index in [0.29, 0.717) is 50.9 Å². The molecule has 4 aromatic carbocycles. The zero-order valence-corrected chi connectivity index (χ0v) is 45.1. The monoisotopic (exact) mass is 1040 g/mol. The lowest BCUT2D eigenvalue weighted by Gasteiger charge is -2.23. The van der Waals surface area contributed by atoms with E-state index in [0.717, 1.165) is 100 Å². The zero-order valence-electron chi connectivity index (χ0n) is 45.3. The van der Waals surface area contributed by atoms with Gasteiger partial charge < -0.3 is 48.4 Å². The number of nitrogens with zero attached hydrogens (tertiary/aromatic N) is 1. The van der Waals surface area contributed by atoms with E-state index in [1.165, 1.54) is 24.2 Å². The molecule has 14 heteroatoms. The Labute approximate surface area is 441 Å². The summed E-state index contributed by atoms with van der Waals surface area (Å²) in [6.07, 6.45) is 4.90. The van der Waals surface area contributed by atoms with E-state index < -0.39 is 17.9 Å². The summed E-state index contributed by atoms with van der Waals surface area (Å²) in [6, 6.07) is 28.8. The second kappa shape index (κ2) is 22.4. The fourth-order valence-electron chi connectivity index (χ4n) is 9.96. The minimum atomic E-state index is -0.954. The van der Waals surface area contributed by atoms with Gasteiger partial charge in [-0.3, -0.25) is 9.59 Å². The first kappa shape index (κ1) is 53.4. The molecule has 0 bridgehead atoms. The molecule has 74 heavy (non-hydrogen) atoms. The number of Topliss-reactive ketones (excluding diaryl/α,β-unsaturated/α-hetero) is 2. The molecule has 0 radical (unpaired) electrons. The van der Waals surface area contributed by atoms with E-state index in [2.05, 4.69) is 110 Å². The highest BCUT2D eigenvalue weighted by Gasteiger charge is 2.52. The van der Waals surface area contributed by atoms with Crippen LogP contribution in [0.25, 0.3) is 21.8 Å². The lowest BCUT2D eigenvalue weighted by molar-refractivity contribution is -0.121. The van der Waals surface area contributed by atoms with Crippen LogP contribution in [0, 0.1) is 0 Å². The van der Waals surface area contributed by atoms with Crippen molar-refractivity contribution in [3.63, 3.8) is 0 Å². The van der Waals surface area contributed by atoms with Gasteiger partial charge in [0, 0.05) is 65.8 Å². The highest BCUT2D eigenvalue weighted by molar-refractivity contribution is 6.18. The van der Waals surface area contributed by atoms with Gasteiger partial charge in [0.05, 0.1) is 48.7 Å². The van der Waals surface area contributed by atoms with Gasteiger partial charge in [-0.2, -0.15) is 0 Å². The van der Waals surface area contributed by atoms with Gasteiger partial charge in [0.15, 0.2) is 29.4 Å². The van der Waals surface area contributed by atoms with Gasteiger partial charge in [-0.15, -0.1) is 11.6 Å². The molecule has 2 saturated carbocycles. The van der Waals surface area contributed by atoms with Gasteiger partial charge in [-0.25, -0.2) is 4.39 Å². The second-order valence-electron chi connectivity index (χ2n) is 22.4. The quantitative estimate of drug-likeness (QED) is 0.0755. The largest absolute Gasteiger partial charge is 0.454 e. The molecule has 4 fully saturated rings. The van der Waals surface area contributed by atoms with Crippen LogP contribution >= 0.6 is 11.6 Å². The molecule has 3 N–H and O–H groups in total. The Balaban J connectivity index is 0.000000162. The average molecular weight is 1040 g/mol. The summed E-state index contributed by atoms with van der Waals surface area (Å²) in [5.74, 6) is 4.20. The van der Waals surface area contributed by atoms with Crippen molar-refractivity contribution in [2.45, 2.75) is 147 Å². The number of carbonyl (C=O) groups is 2. The molecular formula is C60H75ClFN3O9. The summed E-state index contributed by atoms with van der Waals surface area (Å²) in [5.41, 5.74) is 8.04. The van der Waals surface area contributed by atoms with E-state index in [1.807, 2.05) is 43.4 Å². The maximum atomic E-state index is 13.5. The number of H-pyrrole nitrogens is 1. The van der Waals surface area contributed by atoms with Crippen LogP contribution in [0.1, 0.15) is 122 Å². The third kappa shape index (κ3) is 12.5. The van der Waals surface area contributed by atoms with Crippen LogP contribution in [0.2, 0.25) is 0 Å². The van der Waals surface area contributed by atoms with E-state index in [4.69, 9.17) is 36.7 Å². The maximum absolute atomic E-state index is 13.5. The summed E-state index contributed by atoms with van der Waals surface area (Å²) in [4.78, 5) is 30.2. The van der Waals surface area contributed by atoms with Crippen molar-refractivity contribution < 1.29 is 48.9 Å². The normalized spacial score (nSPS) is 19.6. The van der Waals surface area contributed by atoms with Crippen LogP contribution in [-0.2, 0) is 60.1 Å². The summed E-state index contributed by atoms with van der Waals surface area (Å²) >= 11 is 5.27. The minimum Gasteiger partial charge on any atom is -0.454 e. The van der Waals surface area contributed by atoms with Crippen molar-refractivity contribution in [1.82, 2.24) is 14.9 Å². The number of hydrogen-bond acceptors (Lipinski definition) is 10. The van der Waals surface area contributed by atoms with Crippen molar-refractivity contribution in [2.24, 2.45) is 0 Å². The number of benzene rings is 4. The molecule has 6 aromatic rings. The fourth-order valence-corrected chi connectivity index (χ4v) is 10.1. The summed E-state index contributed by atoms with van der Waals surface area (Å²) in [6.45, 7) is 16.2. The van der Waals surface area contributed by atoms with Crippen LogP contribution in [0.15, 0.2) is 84.9 Å². The fraction of sp³-hybridized carbons (Fsp3) is 0.500. The van der Waals surface area contributed by atoms with Crippen molar-refractivity contribution in [2.75, 3.05) is 46.3 Å². The molecule has 4 aliphatic heterocycles.